The molecular formula is C14H15Cl2N7O2. The van der Waals surface area contributed by atoms with E-state index in [-0.39, 0.29) is 24.1 Å². The van der Waals surface area contributed by atoms with Gasteiger partial charge in [-0.25, -0.2) is 10.5 Å². The molecule has 2 heterocycles. The van der Waals surface area contributed by atoms with Crippen LogP contribution in [0.2, 0.25) is 10.0 Å². The number of hydrogen-bond acceptors (Lipinski definition) is 8. The molecule has 1 aliphatic rings. The highest BCUT2D eigenvalue weighted by Gasteiger charge is 2.32. The summed E-state index contributed by atoms with van der Waals surface area (Å²) in [5.74, 6) is 6.13. The molecule has 1 aromatic carbocycles. The number of halogens is 2. The fourth-order valence-electron chi connectivity index (χ4n) is 2.44. The minimum atomic E-state index is -0.481. The van der Waals surface area contributed by atoms with Crippen molar-refractivity contribution in [2.75, 3.05) is 10.3 Å². The summed E-state index contributed by atoms with van der Waals surface area (Å²) in [5, 5.41) is 15.1. The third kappa shape index (κ3) is 3.34. The summed E-state index contributed by atoms with van der Waals surface area (Å²) >= 11 is 11.8. The largest absolute Gasteiger partial charge is 0.393 e. The van der Waals surface area contributed by atoms with E-state index < -0.39 is 5.91 Å². The van der Waals surface area contributed by atoms with E-state index in [0.29, 0.717) is 21.6 Å². The molecule has 1 amide bonds. The van der Waals surface area contributed by atoms with Gasteiger partial charge < -0.3 is 16.4 Å². The van der Waals surface area contributed by atoms with Gasteiger partial charge in [-0.3, -0.25) is 9.80 Å². The van der Waals surface area contributed by atoms with E-state index in [0.717, 1.165) is 5.56 Å². The van der Waals surface area contributed by atoms with Crippen molar-refractivity contribution in [3.8, 4) is 0 Å². The zero-order chi connectivity index (χ0) is 18.1. The Morgan fingerprint density at radius 1 is 1.40 bits per heavy atom. The zero-order valence-electron chi connectivity index (χ0n) is 13.1. The number of rotatable bonds is 3. The predicted molar refractivity (Wildman–Crippen MR) is 93.6 cm³/mol. The van der Waals surface area contributed by atoms with Crippen LogP contribution in [0.3, 0.4) is 0 Å². The highest BCUT2D eigenvalue weighted by atomic mass is 35.5. The fourth-order valence-corrected chi connectivity index (χ4v) is 2.76. The number of nitrogens with one attached hydrogen (secondary N) is 2. The first kappa shape index (κ1) is 17.3. The number of nitrogens with zero attached hydrogens (tertiary/aromatic N) is 3. The molecule has 1 aromatic heterocycles. The third-order valence-electron chi connectivity index (χ3n) is 3.68. The molecule has 0 radical (unpaired) electrons. The lowest BCUT2D eigenvalue weighted by Gasteiger charge is -2.31. The number of hydrogen-bond donors (Lipinski definition) is 4. The molecule has 9 nitrogen and oxygen atoms in total. The number of aromatic nitrogens is 2. The second-order valence-corrected chi connectivity index (χ2v) is 6.22. The van der Waals surface area contributed by atoms with Gasteiger partial charge in [0.1, 0.15) is 5.70 Å². The molecule has 0 bridgehead atoms. The van der Waals surface area contributed by atoms with E-state index in [2.05, 4.69) is 25.6 Å². The topological polar surface area (TPSA) is 135 Å². The predicted octanol–water partition coefficient (Wildman–Crippen LogP) is 1.36. The first-order valence-corrected chi connectivity index (χ1v) is 7.99. The Morgan fingerprint density at radius 2 is 2.16 bits per heavy atom. The quantitative estimate of drug-likeness (QED) is 0.460. The number of amides is 1. The average Bonchev–Trinajstić information content (AvgIpc) is 3.04. The number of carbonyl (C=O) groups is 1. The summed E-state index contributed by atoms with van der Waals surface area (Å²) in [5.41, 5.74) is 7.09. The zero-order valence-corrected chi connectivity index (χ0v) is 14.6. The Hall–Kier alpha value is -2.49. The number of fused-ring (bicyclic) bond motifs is 1. The molecule has 1 aliphatic heterocycles. The van der Waals surface area contributed by atoms with Crippen molar-refractivity contribution in [3.05, 3.63) is 45.2 Å². The van der Waals surface area contributed by atoms with Crippen molar-refractivity contribution < 1.29 is 9.42 Å². The Morgan fingerprint density at radius 3 is 2.88 bits per heavy atom. The van der Waals surface area contributed by atoms with Gasteiger partial charge in [0.2, 0.25) is 11.6 Å². The fraction of sp³-hybridized carbons (Fsp3) is 0.214. The van der Waals surface area contributed by atoms with Crippen molar-refractivity contribution >= 4 is 40.7 Å². The smallest absolute Gasteiger partial charge is 0.269 e. The van der Waals surface area contributed by atoms with E-state index in [1.807, 2.05) is 0 Å². The van der Waals surface area contributed by atoms with E-state index in [4.69, 9.17) is 34.8 Å². The summed E-state index contributed by atoms with van der Waals surface area (Å²) < 4.78 is 4.63. The first-order chi connectivity index (χ1) is 11.9. The van der Waals surface area contributed by atoms with Crippen molar-refractivity contribution in [2.24, 2.45) is 11.6 Å². The van der Waals surface area contributed by atoms with E-state index in [1.165, 1.54) is 5.01 Å². The molecule has 2 aromatic rings. The molecule has 0 saturated heterocycles. The Balaban J connectivity index is 1.77. The average molecular weight is 384 g/mol. The monoisotopic (exact) mass is 383 g/mol. The summed E-state index contributed by atoms with van der Waals surface area (Å²) in [6.07, 6.45) is 0. The van der Waals surface area contributed by atoms with Crippen LogP contribution in [0.1, 0.15) is 12.5 Å². The van der Waals surface area contributed by atoms with Gasteiger partial charge in [-0.2, -0.15) is 0 Å². The van der Waals surface area contributed by atoms with Crippen molar-refractivity contribution in [1.82, 2.24) is 15.6 Å². The molecule has 3 rings (SSSR count). The van der Waals surface area contributed by atoms with E-state index >= 15 is 0 Å². The maximum atomic E-state index is 12.4. The Kier molecular flexibility index (Phi) is 4.71. The number of carbonyl (C=O) groups excluding carboxylic acids is 1. The van der Waals surface area contributed by atoms with Gasteiger partial charge in [0.15, 0.2) is 0 Å². The molecule has 6 N–H and O–H groups in total. The minimum Gasteiger partial charge on any atom is -0.393 e. The third-order valence-corrected chi connectivity index (χ3v) is 4.42. The molecule has 1 unspecified atom stereocenters. The van der Waals surface area contributed by atoms with Crippen molar-refractivity contribution in [3.63, 3.8) is 0 Å². The van der Waals surface area contributed by atoms with Gasteiger partial charge in [-0.15, -0.1) is 0 Å². The molecule has 132 valence electrons. The molecule has 0 aliphatic carbocycles. The first-order valence-electron chi connectivity index (χ1n) is 7.24. The second-order valence-electron chi connectivity index (χ2n) is 5.40. The summed E-state index contributed by atoms with van der Waals surface area (Å²) in [4.78, 5) is 12.4. The SMILES string of the molecule is CC1Nc2nonc2N(N)/C1=C(\N)C(=O)NCc1ccc(Cl)c(Cl)c1. The van der Waals surface area contributed by atoms with Gasteiger partial charge >= 0.3 is 0 Å². The van der Waals surface area contributed by atoms with Crippen LogP contribution in [0.5, 0.6) is 0 Å². The van der Waals surface area contributed by atoms with Gasteiger partial charge in [0.25, 0.3) is 5.91 Å². The van der Waals surface area contributed by atoms with Gasteiger partial charge in [-0.1, -0.05) is 29.3 Å². The maximum absolute atomic E-state index is 12.4. The normalized spacial score (nSPS) is 18.4. The van der Waals surface area contributed by atoms with E-state index in [1.54, 1.807) is 25.1 Å². The standard InChI is InChI=1S/C14H15Cl2N7O2/c1-6-11(23(18)13-12(20-6)21-25-22-13)10(17)14(24)19-5-7-2-3-8(15)9(16)4-7/h2-4,6H,5,17-18H2,1H3,(H,19,24)(H,20,21)/b11-10-. The molecule has 11 heteroatoms. The van der Waals surface area contributed by atoms with Gasteiger partial charge in [0, 0.05) is 6.54 Å². The highest BCUT2D eigenvalue weighted by molar-refractivity contribution is 6.42. The summed E-state index contributed by atoms with van der Waals surface area (Å²) in [6, 6.07) is 4.72. The summed E-state index contributed by atoms with van der Waals surface area (Å²) in [6.45, 7) is 2.01. The number of anilines is 2. The summed E-state index contributed by atoms with van der Waals surface area (Å²) in [7, 11) is 0. The molecule has 0 saturated carbocycles. The van der Waals surface area contributed by atoms with Crippen LogP contribution in [0.4, 0.5) is 11.6 Å². The molecule has 1 atom stereocenters. The number of nitrogens with two attached hydrogens (primary N) is 2. The molecule has 0 spiro atoms. The van der Waals surface area contributed by atoms with Gasteiger partial charge in [-0.05, 0) is 34.9 Å². The Bertz CT molecular complexity index is 851. The lowest BCUT2D eigenvalue weighted by molar-refractivity contribution is -0.117. The second kappa shape index (κ2) is 6.79. The molecule has 0 fully saturated rings. The van der Waals surface area contributed by atoms with Gasteiger partial charge in [0.05, 0.1) is 21.8 Å². The van der Waals surface area contributed by atoms with Crippen LogP contribution in [-0.2, 0) is 11.3 Å². The maximum Gasteiger partial charge on any atom is 0.269 e. The van der Waals surface area contributed by atoms with Crippen molar-refractivity contribution in [1.29, 1.82) is 0 Å². The van der Waals surface area contributed by atoms with Crippen LogP contribution < -0.4 is 27.2 Å². The molecule has 25 heavy (non-hydrogen) atoms. The van der Waals surface area contributed by atoms with Crippen LogP contribution in [-0.4, -0.2) is 22.3 Å². The highest BCUT2D eigenvalue weighted by Crippen LogP contribution is 2.30. The number of hydrazine groups is 1. The van der Waals surface area contributed by atoms with Crippen molar-refractivity contribution in [2.45, 2.75) is 19.5 Å². The Labute approximate surface area is 152 Å². The van der Waals surface area contributed by atoms with Crippen LogP contribution in [0.15, 0.2) is 34.2 Å². The lowest BCUT2D eigenvalue weighted by Crippen LogP contribution is -2.46. The van der Waals surface area contributed by atoms with E-state index in [9.17, 15) is 4.79 Å². The van der Waals surface area contributed by atoms with Crippen LogP contribution in [0, 0.1) is 0 Å². The van der Waals surface area contributed by atoms with Crippen LogP contribution in [0.25, 0.3) is 0 Å². The lowest BCUT2D eigenvalue weighted by atomic mass is 10.1. The number of benzene rings is 1. The molecular weight excluding hydrogens is 369 g/mol. The minimum absolute atomic E-state index is 0.0452. The van der Waals surface area contributed by atoms with Crippen LogP contribution >= 0.6 is 23.2 Å².